The van der Waals surface area contributed by atoms with Gasteiger partial charge >= 0.3 is 0 Å². The van der Waals surface area contributed by atoms with Gasteiger partial charge in [-0.1, -0.05) is 32.1 Å². The SMILES string of the molecule is C=CC(C)CC(C=C)C(C)C=C. The third-order valence-corrected chi connectivity index (χ3v) is 2.40. The molecule has 68 valence electrons. The lowest BCUT2D eigenvalue weighted by Crippen LogP contribution is -2.09. The van der Waals surface area contributed by atoms with Crippen LogP contribution in [0.15, 0.2) is 38.0 Å². The van der Waals surface area contributed by atoms with E-state index in [0.717, 1.165) is 6.42 Å². The zero-order chi connectivity index (χ0) is 9.56. The quantitative estimate of drug-likeness (QED) is 0.523. The molecule has 0 aliphatic carbocycles. The molecule has 0 bridgehead atoms. The molecule has 0 heteroatoms. The van der Waals surface area contributed by atoms with Crippen LogP contribution in [0.25, 0.3) is 0 Å². The largest absolute Gasteiger partial charge is 0.103 e. The van der Waals surface area contributed by atoms with Gasteiger partial charge in [-0.15, -0.1) is 19.7 Å². The van der Waals surface area contributed by atoms with E-state index in [4.69, 9.17) is 0 Å². The maximum absolute atomic E-state index is 3.84. The third-order valence-electron chi connectivity index (χ3n) is 2.40. The van der Waals surface area contributed by atoms with Gasteiger partial charge in [-0.2, -0.15) is 0 Å². The summed E-state index contributed by atoms with van der Waals surface area (Å²) < 4.78 is 0. The van der Waals surface area contributed by atoms with Crippen LogP contribution < -0.4 is 0 Å². The van der Waals surface area contributed by atoms with Gasteiger partial charge in [0, 0.05) is 0 Å². The normalized spacial score (nSPS) is 17.5. The highest BCUT2D eigenvalue weighted by molar-refractivity contribution is 4.93. The van der Waals surface area contributed by atoms with Crippen LogP contribution in [-0.4, -0.2) is 0 Å². The van der Waals surface area contributed by atoms with Gasteiger partial charge in [0.1, 0.15) is 0 Å². The van der Waals surface area contributed by atoms with Crippen molar-refractivity contribution in [3.8, 4) is 0 Å². The van der Waals surface area contributed by atoms with E-state index in [1.165, 1.54) is 0 Å². The van der Waals surface area contributed by atoms with Crippen molar-refractivity contribution in [1.29, 1.82) is 0 Å². The Labute approximate surface area is 76.7 Å². The molecule has 0 radical (unpaired) electrons. The van der Waals surface area contributed by atoms with Crippen molar-refractivity contribution in [2.45, 2.75) is 20.3 Å². The highest BCUT2D eigenvalue weighted by Gasteiger charge is 2.12. The molecule has 0 amide bonds. The third kappa shape index (κ3) is 3.56. The standard InChI is InChI=1S/C12H20/c1-6-10(4)9-12(8-3)11(5)7-2/h6-8,10-12H,1-3,9H2,4-5H3. The van der Waals surface area contributed by atoms with Gasteiger partial charge in [0.25, 0.3) is 0 Å². The van der Waals surface area contributed by atoms with E-state index in [9.17, 15) is 0 Å². The Morgan fingerprint density at radius 2 is 1.58 bits per heavy atom. The fourth-order valence-corrected chi connectivity index (χ4v) is 1.23. The smallest absolute Gasteiger partial charge is 0.0170 e. The van der Waals surface area contributed by atoms with Gasteiger partial charge in [-0.05, 0) is 24.2 Å². The molecule has 0 aromatic carbocycles. The second-order valence-corrected chi connectivity index (χ2v) is 3.44. The summed E-state index contributed by atoms with van der Waals surface area (Å²) in [5.74, 6) is 1.62. The lowest BCUT2D eigenvalue weighted by molar-refractivity contribution is 0.430. The predicted octanol–water partition coefficient (Wildman–Crippen LogP) is 3.82. The minimum absolute atomic E-state index is 0.518. The van der Waals surface area contributed by atoms with E-state index in [2.05, 4.69) is 33.6 Å². The molecule has 3 unspecified atom stereocenters. The van der Waals surface area contributed by atoms with E-state index >= 15 is 0 Å². The monoisotopic (exact) mass is 164 g/mol. The summed E-state index contributed by atoms with van der Waals surface area (Å²) in [5, 5.41) is 0. The number of hydrogen-bond donors (Lipinski definition) is 0. The average Bonchev–Trinajstić information content (AvgIpc) is 2.12. The van der Waals surface area contributed by atoms with Gasteiger partial charge in [0.05, 0.1) is 0 Å². The Bertz CT molecular complexity index is 155. The van der Waals surface area contributed by atoms with Crippen molar-refractivity contribution < 1.29 is 0 Å². The van der Waals surface area contributed by atoms with Gasteiger partial charge in [0.2, 0.25) is 0 Å². The van der Waals surface area contributed by atoms with Crippen LogP contribution in [-0.2, 0) is 0 Å². The van der Waals surface area contributed by atoms with Crippen LogP contribution in [0.5, 0.6) is 0 Å². The molecule has 0 fully saturated rings. The number of rotatable bonds is 6. The first kappa shape index (κ1) is 11.2. The molecule has 0 aliphatic rings. The van der Waals surface area contributed by atoms with Gasteiger partial charge in [-0.25, -0.2) is 0 Å². The number of allylic oxidation sites excluding steroid dienone is 3. The molecule has 0 aliphatic heterocycles. The zero-order valence-corrected chi connectivity index (χ0v) is 8.29. The minimum atomic E-state index is 0.518. The van der Waals surface area contributed by atoms with E-state index in [-0.39, 0.29) is 0 Å². The second kappa shape index (κ2) is 5.82. The molecular formula is C12H20. The predicted molar refractivity (Wildman–Crippen MR) is 57.0 cm³/mol. The van der Waals surface area contributed by atoms with Crippen LogP contribution in [0, 0.1) is 17.8 Å². The van der Waals surface area contributed by atoms with Crippen molar-refractivity contribution in [2.24, 2.45) is 17.8 Å². The molecule has 0 saturated heterocycles. The minimum Gasteiger partial charge on any atom is -0.103 e. The Hall–Kier alpha value is -0.780. The Morgan fingerprint density at radius 3 is 1.92 bits per heavy atom. The second-order valence-electron chi connectivity index (χ2n) is 3.44. The Morgan fingerprint density at radius 1 is 1.00 bits per heavy atom. The summed E-state index contributed by atoms with van der Waals surface area (Å²) in [6.45, 7) is 15.8. The summed E-state index contributed by atoms with van der Waals surface area (Å²) in [5.41, 5.74) is 0. The van der Waals surface area contributed by atoms with Crippen molar-refractivity contribution >= 4 is 0 Å². The van der Waals surface area contributed by atoms with Crippen LogP contribution in [0.2, 0.25) is 0 Å². The lowest BCUT2D eigenvalue weighted by Gasteiger charge is -2.19. The summed E-state index contributed by atoms with van der Waals surface area (Å²) in [4.78, 5) is 0. The van der Waals surface area contributed by atoms with Gasteiger partial charge in [-0.3, -0.25) is 0 Å². The molecule has 0 spiro atoms. The van der Waals surface area contributed by atoms with Gasteiger partial charge < -0.3 is 0 Å². The fourth-order valence-electron chi connectivity index (χ4n) is 1.23. The first-order valence-electron chi connectivity index (χ1n) is 4.53. The van der Waals surface area contributed by atoms with Crippen LogP contribution in [0.4, 0.5) is 0 Å². The summed E-state index contributed by atoms with van der Waals surface area (Å²) in [6.07, 6.45) is 7.13. The molecule has 0 N–H and O–H groups in total. The Kier molecular flexibility index (Phi) is 5.44. The van der Waals surface area contributed by atoms with Gasteiger partial charge in [0.15, 0.2) is 0 Å². The van der Waals surface area contributed by atoms with Crippen molar-refractivity contribution in [1.82, 2.24) is 0 Å². The maximum Gasteiger partial charge on any atom is -0.0170 e. The summed E-state index contributed by atoms with van der Waals surface area (Å²) in [7, 11) is 0. The molecule has 0 saturated carbocycles. The molecule has 0 aromatic rings. The average molecular weight is 164 g/mol. The topological polar surface area (TPSA) is 0 Å². The van der Waals surface area contributed by atoms with Crippen molar-refractivity contribution in [2.75, 3.05) is 0 Å². The first-order valence-corrected chi connectivity index (χ1v) is 4.53. The van der Waals surface area contributed by atoms with Crippen LogP contribution >= 0.6 is 0 Å². The van der Waals surface area contributed by atoms with Crippen LogP contribution in [0.1, 0.15) is 20.3 Å². The molecule has 0 nitrogen and oxygen atoms in total. The van der Waals surface area contributed by atoms with E-state index < -0.39 is 0 Å². The molecule has 0 rings (SSSR count). The highest BCUT2D eigenvalue weighted by Crippen LogP contribution is 2.22. The maximum atomic E-state index is 3.84. The lowest BCUT2D eigenvalue weighted by atomic mass is 9.86. The Balaban J connectivity index is 4.06. The highest BCUT2D eigenvalue weighted by atomic mass is 14.2. The van der Waals surface area contributed by atoms with Crippen molar-refractivity contribution in [3.05, 3.63) is 38.0 Å². The molecule has 12 heavy (non-hydrogen) atoms. The number of hydrogen-bond acceptors (Lipinski definition) is 0. The first-order chi connectivity index (χ1) is 5.65. The molecular weight excluding hydrogens is 144 g/mol. The van der Waals surface area contributed by atoms with Crippen LogP contribution in [0.3, 0.4) is 0 Å². The molecule has 3 atom stereocenters. The van der Waals surface area contributed by atoms with Crippen molar-refractivity contribution in [3.63, 3.8) is 0 Å². The summed E-state index contributed by atoms with van der Waals surface area (Å²) in [6, 6.07) is 0. The van der Waals surface area contributed by atoms with E-state index in [1.807, 2.05) is 18.2 Å². The fraction of sp³-hybridized carbons (Fsp3) is 0.500. The zero-order valence-electron chi connectivity index (χ0n) is 8.29. The van der Waals surface area contributed by atoms with E-state index in [1.54, 1.807) is 0 Å². The molecule has 0 heterocycles. The molecule has 0 aromatic heterocycles. The summed E-state index contributed by atoms with van der Waals surface area (Å²) >= 11 is 0. The van der Waals surface area contributed by atoms with E-state index in [0.29, 0.717) is 17.8 Å².